The van der Waals surface area contributed by atoms with Crippen LogP contribution in [0.15, 0.2) is 24.3 Å². The molecule has 0 spiro atoms. The molecule has 21 heavy (non-hydrogen) atoms. The number of thiophene rings is 1. The van der Waals surface area contributed by atoms with E-state index >= 15 is 0 Å². The molecule has 3 rings (SSSR count). The third kappa shape index (κ3) is 3.31. The third-order valence-corrected chi connectivity index (χ3v) is 5.58. The highest BCUT2D eigenvalue weighted by Crippen LogP contribution is 2.35. The van der Waals surface area contributed by atoms with E-state index in [0.29, 0.717) is 17.0 Å². The molecule has 1 aromatic carbocycles. The van der Waals surface area contributed by atoms with E-state index in [1.54, 1.807) is 12.1 Å². The van der Waals surface area contributed by atoms with Crippen LogP contribution in [0.2, 0.25) is 5.02 Å². The molecule has 1 heterocycles. The zero-order chi connectivity index (χ0) is 14.8. The van der Waals surface area contributed by atoms with E-state index in [-0.39, 0.29) is 11.9 Å². The van der Waals surface area contributed by atoms with Crippen molar-refractivity contribution in [3.05, 3.63) is 56.0 Å². The third-order valence-electron chi connectivity index (χ3n) is 3.99. The molecule has 1 aromatic heterocycles. The van der Waals surface area contributed by atoms with E-state index < -0.39 is 0 Å². The van der Waals surface area contributed by atoms with Crippen molar-refractivity contribution < 1.29 is 4.39 Å². The van der Waals surface area contributed by atoms with Gasteiger partial charge in [-0.05, 0) is 67.6 Å². The second-order valence-corrected chi connectivity index (χ2v) is 7.11. The maximum absolute atomic E-state index is 14.0. The minimum atomic E-state index is -0.175. The second-order valence-electron chi connectivity index (χ2n) is 5.50. The highest BCUT2D eigenvalue weighted by atomic mass is 35.5. The summed E-state index contributed by atoms with van der Waals surface area (Å²) in [4.78, 5) is 2.83. The predicted molar refractivity (Wildman–Crippen MR) is 87.9 cm³/mol. The van der Waals surface area contributed by atoms with Crippen molar-refractivity contribution in [3.63, 3.8) is 0 Å². The van der Waals surface area contributed by atoms with Crippen molar-refractivity contribution in [3.8, 4) is 0 Å². The van der Waals surface area contributed by atoms with Gasteiger partial charge < -0.3 is 5.32 Å². The SMILES string of the molecule is CCNC(Cc1cc(Cl)ccc1F)c1cc2c(s1)CCC2. The van der Waals surface area contributed by atoms with Gasteiger partial charge in [-0.25, -0.2) is 4.39 Å². The molecule has 0 radical (unpaired) electrons. The normalized spacial score (nSPS) is 15.2. The largest absolute Gasteiger partial charge is 0.309 e. The summed E-state index contributed by atoms with van der Waals surface area (Å²) in [6.45, 7) is 2.96. The summed E-state index contributed by atoms with van der Waals surface area (Å²) in [6.07, 6.45) is 4.30. The Balaban J connectivity index is 1.85. The van der Waals surface area contributed by atoms with Crippen LogP contribution < -0.4 is 5.32 Å². The fourth-order valence-corrected chi connectivity index (χ4v) is 4.49. The van der Waals surface area contributed by atoms with E-state index in [2.05, 4.69) is 18.3 Å². The van der Waals surface area contributed by atoms with Crippen molar-refractivity contribution in [2.45, 2.75) is 38.6 Å². The van der Waals surface area contributed by atoms with Gasteiger partial charge in [0.25, 0.3) is 0 Å². The van der Waals surface area contributed by atoms with Crippen molar-refractivity contribution in [1.29, 1.82) is 0 Å². The van der Waals surface area contributed by atoms with Crippen molar-refractivity contribution >= 4 is 22.9 Å². The Hall–Kier alpha value is -0.900. The molecule has 0 amide bonds. The lowest BCUT2D eigenvalue weighted by Gasteiger charge is -2.17. The summed E-state index contributed by atoms with van der Waals surface area (Å²) in [5.74, 6) is -0.175. The fraction of sp³-hybridized carbons (Fsp3) is 0.412. The molecule has 0 saturated carbocycles. The molecule has 1 aliphatic carbocycles. The van der Waals surface area contributed by atoms with Gasteiger partial charge >= 0.3 is 0 Å². The molecule has 4 heteroatoms. The predicted octanol–water partition coefficient (Wildman–Crippen LogP) is 4.92. The lowest BCUT2D eigenvalue weighted by atomic mass is 10.0. The van der Waals surface area contributed by atoms with Gasteiger partial charge in [-0.3, -0.25) is 0 Å². The maximum atomic E-state index is 14.0. The van der Waals surface area contributed by atoms with Crippen LogP contribution in [0.3, 0.4) is 0 Å². The minimum absolute atomic E-state index is 0.165. The number of hydrogen-bond donors (Lipinski definition) is 1. The second kappa shape index (κ2) is 6.47. The number of aryl methyl sites for hydroxylation is 2. The summed E-state index contributed by atoms with van der Waals surface area (Å²) in [7, 11) is 0. The van der Waals surface area contributed by atoms with Crippen LogP contribution in [0.4, 0.5) is 4.39 Å². The maximum Gasteiger partial charge on any atom is 0.126 e. The van der Waals surface area contributed by atoms with E-state index in [4.69, 9.17) is 11.6 Å². The Morgan fingerprint density at radius 2 is 2.19 bits per heavy atom. The van der Waals surface area contributed by atoms with Gasteiger partial charge in [0.1, 0.15) is 5.82 Å². The molecule has 0 bridgehead atoms. The number of rotatable bonds is 5. The van der Waals surface area contributed by atoms with Gasteiger partial charge in [-0.2, -0.15) is 0 Å². The Kier molecular flexibility index (Phi) is 4.63. The van der Waals surface area contributed by atoms with Crippen LogP contribution in [0.5, 0.6) is 0 Å². The molecule has 1 nitrogen and oxygen atoms in total. The van der Waals surface area contributed by atoms with Gasteiger partial charge in [0.2, 0.25) is 0 Å². The Labute approximate surface area is 134 Å². The molecule has 1 aliphatic rings. The molecule has 1 unspecified atom stereocenters. The van der Waals surface area contributed by atoms with Gasteiger partial charge in [0.05, 0.1) is 0 Å². The van der Waals surface area contributed by atoms with Crippen LogP contribution in [-0.4, -0.2) is 6.54 Å². The number of fused-ring (bicyclic) bond motifs is 1. The van der Waals surface area contributed by atoms with E-state index in [9.17, 15) is 4.39 Å². The molecule has 1 atom stereocenters. The first kappa shape index (κ1) is 15.0. The molecular weight excluding hydrogens is 305 g/mol. The van der Waals surface area contributed by atoms with Crippen molar-refractivity contribution in [2.75, 3.05) is 6.54 Å². The lowest BCUT2D eigenvalue weighted by Crippen LogP contribution is -2.22. The molecule has 1 N–H and O–H groups in total. The van der Waals surface area contributed by atoms with Crippen LogP contribution in [-0.2, 0) is 19.3 Å². The highest BCUT2D eigenvalue weighted by molar-refractivity contribution is 7.12. The van der Waals surface area contributed by atoms with Crippen LogP contribution in [0, 0.1) is 5.82 Å². The van der Waals surface area contributed by atoms with Crippen LogP contribution in [0.1, 0.15) is 40.3 Å². The molecular formula is C17H19ClFNS. The van der Waals surface area contributed by atoms with Gasteiger partial charge in [-0.15, -0.1) is 11.3 Å². The quantitative estimate of drug-likeness (QED) is 0.823. The summed E-state index contributed by atoms with van der Waals surface area (Å²) in [6, 6.07) is 7.27. The van der Waals surface area contributed by atoms with Crippen molar-refractivity contribution in [1.82, 2.24) is 5.32 Å². The fourth-order valence-electron chi connectivity index (χ4n) is 2.96. The van der Waals surface area contributed by atoms with Crippen LogP contribution >= 0.6 is 22.9 Å². The average molecular weight is 324 g/mol. The number of benzene rings is 1. The van der Waals surface area contributed by atoms with E-state index in [1.807, 2.05) is 11.3 Å². The summed E-state index contributed by atoms with van der Waals surface area (Å²) in [5.41, 5.74) is 2.17. The Morgan fingerprint density at radius 1 is 1.33 bits per heavy atom. The molecule has 0 saturated heterocycles. The monoisotopic (exact) mass is 323 g/mol. The van der Waals surface area contributed by atoms with Gasteiger partial charge in [0.15, 0.2) is 0 Å². The Morgan fingerprint density at radius 3 is 2.95 bits per heavy atom. The van der Waals surface area contributed by atoms with Crippen LogP contribution in [0.25, 0.3) is 0 Å². The Bertz CT molecular complexity index is 616. The first-order valence-electron chi connectivity index (χ1n) is 7.46. The molecule has 2 aromatic rings. The first-order chi connectivity index (χ1) is 10.2. The lowest BCUT2D eigenvalue weighted by molar-refractivity contribution is 0.534. The number of nitrogens with one attached hydrogen (secondary N) is 1. The zero-order valence-corrected chi connectivity index (χ0v) is 13.7. The number of hydrogen-bond acceptors (Lipinski definition) is 2. The number of halogens is 2. The highest BCUT2D eigenvalue weighted by Gasteiger charge is 2.21. The first-order valence-corrected chi connectivity index (χ1v) is 8.65. The van der Waals surface area contributed by atoms with E-state index in [1.165, 1.54) is 40.6 Å². The summed E-state index contributed by atoms with van der Waals surface area (Å²) in [5, 5.41) is 4.08. The number of likely N-dealkylation sites (N-methyl/N-ethyl adjacent to an activating group) is 1. The topological polar surface area (TPSA) is 12.0 Å². The smallest absolute Gasteiger partial charge is 0.126 e. The molecule has 112 valence electrons. The standard InChI is InChI=1S/C17H19ClFNS/c1-2-20-15(9-12-8-13(18)6-7-14(12)19)17-10-11-4-3-5-16(11)21-17/h6-8,10,15,20H,2-5,9H2,1H3. The van der Waals surface area contributed by atoms with E-state index in [0.717, 1.165) is 6.54 Å². The van der Waals surface area contributed by atoms with Gasteiger partial charge in [-0.1, -0.05) is 18.5 Å². The van der Waals surface area contributed by atoms with Gasteiger partial charge in [0, 0.05) is 20.8 Å². The zero-order valence-electron chi connectivity index (χ0n) is 12.1. The van der Waals surface area contributed by atoms with Crippen molar-refractivity contribution in [2.24, 2.45) is 0 Å². The summed E-state index contributed by atoms with van der Waals surface area (Å²) < 4.78 is 14.0. The average Bonchev–Trinajstić information content (AvgIpc) is 3.03. The summed E-state index contributed by atoms with van der Waals surface area (Å²) >= 11 is 7.88. The minimum Gasteiger partial charge on any atom is -0.309 e. The molecule has 0 aliphatic heterocycles. The molecule has 0 fully saturated rings.